The van der Waals surface area contributed by atoms with E-state index in [4.69, 9.17) is 11.0 Å². The van der Waals surface area contributed by atoms with E-state index in [-0.39, 0.29) is 0 Å². The van der Waals surface area contributed by atoms with Crippen molar-refractivity contribution in [3.05, 3.63) is 22.1 Å². The summed E-state index contributed by atoms with van der Waals surface area (Å²) < 4.78 is 3.92. The van der Waals surface area contributed by atoms with Crippen molar-refractivity contribution in [3.8, 4) is 6.07 Å². The molecule has 0 unspecified atom stereocenters. The highest BCUT2D eigenvalue weighted by atomic mass is 32.1. The van der Waals surface area contributed by atoms with E-state index in [1.807, 2.05) is 11.4 Å². The summed E-state index contributed by atoms with van der Waals surface area (Å²) in [4.78, 5) is 4.17. The summed E-state index contributed by atoms with van der Waals surface area (Å²) in [5.74, 6) is 0.296. The van der Waals surface area contributed by atoms with E-state index in [2.05, 4.69) is 14.7 Å². The fraction of sp³-hybridized carbons (Fsp3) is 0.222. The first kappa shape index (κ1) is 10.9. The molecule has 0 radical (unpaired) electrons. The highest BCUT2D eigenvalue weighted by Gasteiger charge is 2.09. The molecule has 0 aliphatic rings. The van der Waals surface area contributed by atoms with Gasteiger partial charge in [-0.25, -0.2) is 4.98 Å². The van der Waals surface area contributed by atoms with Gasteiger partial charge in [0, 0.05) is 24.5 Å². The third-order valence-corrected chi connectivity index (χ3v) is 3.60. The predicted octanol–water partition coefficient (Wildman–Crippen LogP) is 1.71. The molecule has 3 N–H and O–H groups in total. The smallest absolute Gasteiger partial charge is 0.157 e. The van der Waals surface area contributed by atoms with Crippen molar-refractivity contribution < 1.29 is 0 Å². The number of thiazole rings is 1. The summed E-state index contributed by atoms with van der Waals surface area (Å²) in [6.45, 7) is 0.726. The zero-order valence-corrected chi connectivity index (χ0v) is 9.94. The molecule has 0 aliphatic carbocycles. The molecular formula is C9H9N5S2. The summed E-state index contributed by atoms with van der Waals surface area (Å²) in [6.07, 6.45) is 2.62. The van der Waals surface area contributed by atoms with Gasteiger partial charge in [0.25, 0.3) is 0 Å². The zero-order chi connectivity index (χ0) is 11.4. The van der Waals surface area contributed by atoms with Gasteiger partial charge >= 0.3 is 0 Å². The molecule has 2 rings (SSSR count). The number of rotatable bonds is 4. The molecule has 0 amide bonds. The number of nitrogen functional groups attached to an aromatic ring is 1. The molecule has 7 heteroatoms. The molecule has 0 spiro atoms. The average Bonchev–Trinajstić information content (AvgIpc) is 2.89. The van der Waals surface area contributed by atoms with Crippen LogP contribution in [0.15, 0.2) is 11.6 Å². The molecule has 0 saturated heterocycles. The molecule has 2 aromatic rings. The molecule has 0 fully saturated rings. The van der Waals surface area contributed by atoms with Gasteiger partial charge < -0.3 is 11.1 Å². The van der Waals surface area contributed by atoms with E-state index >= 15 is 0 Å². The van der Waals surface area contributed by atoms with Crippen LogP contribution in [-0.2, 0) is 6.42 Å². The second-order valence-corrected chi connectivity index (χ2v) is 4.74. The minimum absolute atomic E-state index is 0.296. The number of nitrogens with one attached hydrogen (secondary N) is 1. The van der Waals surface area contributed by atoms with Crippen molar-refractivity contribution in [2.45, 2.75) is 6.42 Å². The van der Waals surface area contributed by atoms with Crippen molar-refractivity contribution in [3.63, 3.8) is 0 Å². The summed E-state index contributed by atoms with van der Waals surface area (Å²) in [6, 6.07) is 2.03. The number of nitriles is 1. The average molecular weight is 251 g/mol. The maximum atomic E-state index is 8.86. The fourth-order valence-electron chi connectivity index (χ4n) is 1.19. The Morgan fingerprint density at radius 2 is 2.44 bits per heavy atom. The Labute approximate surface area is 101 Å². The molecule has 2 aromatic heterocycles. The molecule has 82 valence electrons. The van der Waals surface area contributed by atoms with E-state index in [0.717, 1.165) is 23.0 Å². The van der Waals surface area contributed by atoms with Crippen LogP contribution in [0.2, 0.25) is 0 Å². The second kappa shape index (κ2) is 4.92. The molecule has 5 nitrogen and oxygen atoms in total. The van der Waals surface area contributed by atoms with Gasteiger partial charge in [-0.15, -0.1) is 11.3 Å². The maximum absolute atomic E-state index is 8.86. The van der Waals surface area contributed by atoms with Crippen LogP contribution < -0.4 is 11.1 Å². The number of anilines is 2. The lowest BCUT2D eigenvalue weighted by Gasteiger charge is -2.01. The molecule has 0 saturated carbocycles. The summed E-state index contributed by atoms with van der Waals surface area (Å²) in [5.41, 5.74) is 5.98. The van der Waals surface area contributed by atoms with E-state index in [1.165, 1.54) is 11.5 Å². The van der Waals surface area contributed by atoms with Crippen molar-refractivity contribution in [1.82, 2.24) is 9.36 Å². The van der Waals surface area contributed by atoms with E-state index < -0.39 is 0 Å². The SMILES string of the molecule is N#Cc1c(N)nsc1NCCc1nccs1. The number of nitrogens with zero attached hydrogens (tertiary/aromatic N) is 3. The van der Waals surface area contributed by atoms with E-state index in [1.54, 1.807) is 17.5 Å². The van der Waals surface area contributed by atoms with Gasteiger partial charge in [-0.3, -0.25) is 0 Å². The van der Waals surface area contributed by atoms with Gasteiger partial charge in [0.15, 0.2) is 5.82 Å². The first-order valence-electron chi connectivity index (χ1n) is 4.58. The minimum atomic E-state index is 0.296. The number of nitrogens with two attached hydrogens (primary N) is 1. The van der Waals surface area contributed by atoms with Crippen LogP contribution in [0, 0.1) is 11.3 Å². The summed E-state index contributed by atoms with van der Waals surface area (Å²) in [5, 5.41) is 15.8. The lowest BCUT2D eigenvalue weighted by Crippen LogP contribution is -2.04. The Hall–Kier alpha value is -1.65. The van der Waals surface area contributed by atoms with Crippen molar-refractivity contribution >= 4 is 33.7 Å². The normalized spacial score (nSPS) is 9.94. The van der Waals surface area contributed by atoms with Gasteiger partial charge in [-0.2, -0.15) is 9.64 Å². The molecule has 0 aromatic carbocycles. The van der Waals surface area contributed by atoms with Crippen LogP contribution in [0.5, 0.6) is 0 Å². The molecule has 0 aliphatic heterocycles. The highest BCUT2D eigenvalue weighted by molar-refractivity contribution is 7.10. The van der Waals surface area contributed by atoms with Crippen LogP contribution in [0.4, 0.5) is 10.8 Å². The first-order chi connectivity index (χ1) is 7.81. The topological polar surface area (TPSA) is 87.6 Å². The number of aromatic nitrogens is 2. The zero-order valence-electron chi connectivity index (χ0n) is 8.30. The Balaban J connectivity index is 1.93. The van der Waals surface area contributed by atoms with Crippen LogP contribution in [0.1, 0.15) is 10.6 Å². The minimum Gasteiger partial charge on any atom is -0.382 e. The van der Waals surface area contributed by atoms with Crippen molar-refractivity contribution in [2.75, 3.05) is 17.6 Å². The van der Waals surface area contributed by atoms with Crippen LogP contribution in [0.25, 0.3) is 0 Å². The monoisotopic (exact) mass is 251 g/mol. The third kappa shape index (κ3) is 2.29. The number of hydrogen-bond acceptors (Lipinski definition) is 7. The highest BCUT2D eigenvalue weighted by Crippen LogP contribution is 2.25. The van der Waals surface area contributed by atoms with Crippen molar-refractivity contribution in [2.24, 2.45) is 0 Å². The Bertz CT molecular complexity index is 496. The molecule has 0 bridgehead atoms. The van der Waals surface area contributed by atoms with Gasteiger partial charge in [0.1, 0.15) is 16.6 Å². The molecular weight excluding hydrogens is 242 g/mol. The Morgan fingerprint density at radius 1 is 1.56 bits per heavy atom. The lowest BCUT2D eigenvalue weighted by atomic mass is 10.3. The van der Waals surface area contributed by atoms with Crippen LogP contribution in [0.3, 0.4) is 0 Å². The quantitative estimate of drug-likeness (QED) is 0.863. The van der Waals surface area contributed by atoms with E-state index in [9.17, 15) is 0 Å². The predicted molar refractivity (Wildman–Crippen MR) is 65.5 cm³/mol. The van der Waals surface area contributed by atoms with Gasteiger partial charge in [0.2, 0.25) is 0 Å². The van der Waals surface area contributed by atoms with Gasteiger partial charge in [0.05, 0.1) is 5.01 Å². The third-order valence-electron chi connectivity index (χ3n) is 1.94. The second-order valence-electron chi connectivity index (χ2n) is 2.99. The molecule has 0 atom stereocenters. The van der Waals surface area contributed by atoms with Crippen LogP contribution >= 0.6 is 22.9 Å². The van der Waals surface area contributed by atoms with Crippen molar-refractivity contribution in [1.29, 1.82) is 5.26 Å². The molecule has 16 heavy (non-hydrogen) atoms. The first-order valence-corrected chi connectivity index (χ1v) is 6.24. The summed E-state index contributed by atoms with van der Waals surface area (Å²) in [7, 11) is 0. The maximum Gasteiger partial charge on any atom is 0.157 e. The summed E-state index contributed by atoms with van der Waals surface area (Å²) >= 11 is 2.83. The fourth-order valence-corrected chi connectivity index (χ4v) is 2.50. The van der Waals surface area contributed by atoms with Crippen LogP contribution in [-0.4, -0.2) is 15.9 Å². The van der Waals surface area contributed by atoms with E-state index in [0.29, 0.717) is 11.4 Å². The standard InChI is InChI=1S/C9H9N5S2/c10-5-6-8(11)14-16-9(6)13-2-1-7-12-3-4-15-7/h3-4,13H,1-2H2,(H2,11,14). The largest absolute Gasteiger partial charge is 0.382 e. The molecule has 2 heterocycles. The number of hydrogen-bond donors (Lipinski definition) is 2. The lowest BCUT2D eigenvalue weighted by molar-refractivity contribution is 1.00. The van der Waals surface area contributed by atoms with Gasteiger partial charge in [-0.1, -0.05) is 0 Å². The Kier molecular flexibility index (Phi) is 3.34. The Morgan fingerprint density at radius 3 is 3.12 bits per heavy atom. The van der Waals surface area contributed by atoms with Gasteiger partial charge in [-0.05, 0) is 11.5 Å².